The Bertz CT molecular complexity index is 526. The Hall–Kier alpha value is -1.63. The van der Waals surface area contributed by atoms with E-state index in [1.165, 1.54) is 21.9 Å². The van der Waals surface area contributed by atoms with Crippen molar-refractivity contribution in [3.63, 3.8) is 0 Å². The first-order valence-electron chi connectivity index (χ1n) is 4.88. The molecule has 0 radical (unpaired) electrons. The summed E-state index contributed by atoms with van der Waals surface area (Å²) in [6.07, 6.45) is 3.13. The summed E-state index contributed by atoms with van der Waals surface area (Å²) >= 11 is 0. The third-order valence-electron chi connectivity index (χ3n) is 2.97. The van der Waals surface area contributed by atoms with E-state index in [2.05, 4.69) is 18.2 Å². The molecule has 2 aromatic carbocycles. The Labute approximate surface area is 82.4 Å². The first-order valence-corrected chi connectivity index (χ1v) is 4.88. The zero-order valence-electron chi connectivity index (χ0n) is 7.79. The third-order valence-corrected chi connectivity index (χ3v) is 2.97. The van der Waals surface area contributed by atoms with Crippen LogP contribution in [0.1, 0.15) is 21.5 Å². The van der Waals surface area contributed by atoms with Crippen molar-refractivity contribution in [2.75, 3.05) is 0 Å². The zero-order chi connectivity index (χ0) is 9.54. The minimum Gasteiger partial charge on any atom is -0.298 e. The smallest absolute Gasteiger partial charge is 0.150 e. The van der Waals surface area contributed by atoms with Crippen molar-refractivity contribution in [1.82, 2.24) is 0 Å². The van der Waals surface area contributed by atoms with E-state index in [1.54, 1.807) is 0 Å². The van der Waals surface area contributed by atoms with Crippen molar-refractivity contribution in [3.8, 4) is 0 Å². The average Bonchev–Trinajstić information content (AvgIpc) is 2.64. The van der Waals surface area contributed by atoms with Gasteiger partial charge >= 0.3 is 0 Å². The molecule has 1 aliphatic rings. The molecule has 0 saturated carbocycles. The average molecular weight is 182 g/mol. The maximum Gasteiger partial charge on any atom is 0.150 e. The molecule has 0 bridgehead atoms. The van der Waals surface area contributed by atoms with Gasteiger partial charge in [-0.1, -0.05) is 18.2 Å². The second-order valence-corrected chi connectivity index (χ2v) is 3.81. The Morgan fingerprint density at radius 3 is 2.79 bits per heavy atom. The molecular weight excluding hydrogens is 172 g/mol. The van der Waals surface area contributed by atoms with Gasteiger partial charge in [-0.2, -0.15) is 0 Å². The molecule has 14 heavy (non-hydrogen) atoms. The molecule has 0 heterocycles. The molecule has 0 unspecified atom stereocenters. The molecule has 0 spiro atoms. The number of aldehydes is 1. The Kier molecular flexibility index (Phi) is 1.48. The molecular formula is C13H10O. The highest BCUT2D eigenvalue weighted by Crippen LogP contribution is 2.31. The van der Waals surface area contributed by atoms with Crippen LogP contribution >= 0.6 is 0 Å². The molecule has 68 valence electrons. The number of carbonyl (C=O) groups is 1. The van der Waals surface area contributed by atoms with Gasteiger partial charge < -0.3 is 0 Å². The topological polar surface area (TPSA) is 17.1 Å². The van der Waals surface area contributed by atoms with E-state index >= 15 is 0 Å². The van der Waals surface area contributed by atoms with Crippen LogP contribution in [0.5, 0.6) is 0 Å². The fourth-order valence-electron chi connectivity index (χ4n) is 2.37. The van der Waals surface area contributed by atoms with Crippen LogP contribution in [0.3, 0.4) is 0 Å². The van der Waals surface area contributed by atoms with Crippen LogP contribution in [0, 0.1) is 0 Å². The van der Waals surface area contributed by atoms with Gasteiger partial charge in [-0.25, -0.2) is 0 Å². The number of benzene rings is 2. The van der Waals surface area contributed by atoms with Crippen LogP contribution in [-0.4, -0.2) is 6.29 Å². The van der Waals surface area contributed by atoms with E-state index in [9.17, 15) is 4.79 Å². The predicted molar refractivity (Wildman–Crippen MR) is 56.7 cm³/mol. The number of aryl methyl sites for hydroxylation is 2. The largest absolute Gasteiger partial charge is 0.298 e. The molecule has 0 saturated heterocycles. The van der Waals surface area contributed by atoms with Gasteiger partial charge in [0.15, 0.2) is 0 Å². The lowest BCUT2D eigenvalue weighted by molar-refractivity contribution is 0.112. The normalized spacial score (nSPS) is 13.4. The lowest BCUT2D eigenvalue weighted by atomic mass is 10.0. The molecule has 1 heteroatoms. The predicted octanol–water partition coefficient (Wildman–Crippen LogP) is 2.75. The van der Waals surface area contributed by atoms with Crippen molar-refractivity contribution in [2.45, 2.75) is 12.8 Å². The van der Waals surface area contributed by atoms with Crippen LogP contribution in [0.2, 0.25) is 0 Å². The van der Waals surface area contributed by atoms with Crippen LogP contribution in [0.4, 0.5) is 0 Å². The van der Waals surface area contributed by atoms with Crippen molar-refractivity contribution in [1.29, 1.82) is 0 Å². The van der Waals surface area contributed by atoms with Gasteiger partial charge in [0, 0.05) is 5.56 Å². The highest BCUT2D eigenvalue weighted by atomic mass is 16.1. The summed E-state index contributed by atoms with van der Waals surface area (Å²) in [5.41, 5.74) is 3.56. The van der Waals surface area contributed by atoms with Crippen molar-refractivity contribution in [3.05, 3.63) is 47.0 Å². The van der Waals surface area contributed by atoms with Crippen LogP contribution in [0.25, 0.3) is 10.8 Å². The van der Waals surface area contributed by atoms with E-state index in [0.717, 1.165) is 24.7 Å². The van der Waals surface area contributed by atoms with Crippen LogP contribution in [-0.2, 0) is 12.8 Å². The van der Waals surface area contributed by atoms with E-state index in [0.29, 0.717) is 0 Å². The molecule has 1 nitrogen and oxygen atoms in total. The zero-order valence-corrected chi connectivity index (χ0v) is 7.79. The highest BCUT2D eigenvalue weighted by Gasteiger charge is 2.14. The number of rotatable bonds is 1. The molecule has 0 aliphatic heterocycles. The first kappa shape index (κ1) is 7.74. The number of hydrogen-bond acceptors (Lipinski definition) is 1. The van der Waals surface area contributed by atoms with Crippen LogP contribution < -0.4 is 0 Å². The fraction of sp³-hybridized carbons (Fsp3) is 0.154. The second-order valence-electron chi connectivity index (χ2n) is 3.81. The standard InChI is InChI=1S/C13H10O/c14-8-9-6-11-3-1-2-10-4-5-12(7-9)13(10)11/h1-3,6-8H,4-5H2. The Balaban J connectivity index is 2.47. The highest BCUT2D eigenvalue weighted by molar-refractivity contribution is 5.95. The van der Waals surface area contributed by atoms with Gasteiger partial charge in [-0.15, -0.1) is 0 Å². The van der Waals surface area contributed by atoms with Crippen molar-refractivity contribution in [2.24, 2.45) is 0 Å². The SMILES string of the molecule is O=Cc1cc2c3c(cccc3c1)CC2. The van der Waals surface area contributed by atoms with E-state index < -0.39 is 0 Å². The number of carbonyl (C=O) groups excluding carboxylic acids is 1. The van der Waals surface area contributed by atoms with Gasteiger partial charge in [0.25, 0.3) is 0 Å². The maximum absolute atomic E-state index is 10.7. The minimum absolute atomic E-state index is 0.798. The van der Waals surface area contributed by atoms with Crippen molar-refractivity contribution >= 4 is 17.1 Å². The summed E-state index contributed by atoms with van der Waals surface area (Å²) in [6, 6.07) is 10.3. The molecule has 0 atom stereocenters. The Morgan fingerprint density at radius 1 is 1.07 bits per heavy atom. The second kappa shape index (κ2) is 2.68. The summed E-state index contributed by atoms with van der Waals surface area (Å²) in [4.78, 5) is 10.7. The van der Waals surface area contributed by atoms with E-state index in [4.69, 9.17) is 0 Å². The summed E-state index contributed by atoms with van der Waals surface area (Å²) in [7, 11) is 0. The fourth-order valence-corrected chi connectivity index (χ4v) is 2.37. The summed E-state index contributed by atoms with van der Waals surface area (Å²) in [5.74, 6) is 0. The molecule has 3 rings (SSSR count). The molecule has 2 aromatic rings. The van der Waals surface area contributed by atoms with Gasteiger partial charge in [0.2, 0.25) is 0 Å². The molecule has 0 N–H and O–H groups in total. The first-order chi connectivity index (χ1) is 6.88. The summed E-state index contributed by atoms with van der Waals surface area (Å²) in [6.45, 7) is 0. The lowest BCUT2D eigenvalue weighted by Crippen LogP contribution is -1.84. The van der Waals surface area contributed by atoms with Gasteiger partial charge in [-0.05, 0) is 46.9 Å². The third kappa shape index (κ3) is 0.925. The molecule has 0 fully saturated rings. The van der Waals surface area contributed by atoms with Gasteiger partial charge in [0.05, 0.1) is 0 Å². The summed E-state index contributed by atoms with van der Waals surface area (Å²) < 4.78 is 0. The molecule has 1 aliphatic carbocycles. The quantitative estimate of drug-likeness (QED) is 0.620. The lowest BCUT2D eigenvalue weighted by Gasteiger charge is -2.02. The van der Waals surface area contributed by atoms with Gasteiger partial charge in [-0.3, -0.25) is 4.79 Å². The minimum atomic E-state index is 0.798. The summed E-state index contributed by atoms with van der Waals surface area (Å²) in [5, 5.41) is 2.58. The number of hydrogen-bond donors (Lipinski definition) is 0. The maximum atomic E-state index is 10.7. The molecule has 0 aromatic heterocycles. The van der Waals surface area contributed by atoms with E-state index in [-0.39, 0.29) is 0 Å². The van der Waals surface area contributed by atoms with Crippen LogP contribution in [0.15, 0.2) is 30.3 Å². The molecule has 0 amide bonds. The van der Waals surface area contributed by atoms with Gasteiger partial charge in [0.1, 0.15) is 6.29 Å². The van der Waals surface area contributed by atoms with Crippen molar-refractivity contribution < 1.29 is 4.79 Å². The van der Waals surface area contributed by atoms with E-state index in [1.807, 2.05) is 12.1 Å². The monoisotopic (exact) mass is 182 g/mol. The Morgan fingerprint density at radius 2 is 1.93 bits per heavy atom.